The molecule has 0 amide bonds. The number of nitrogens with zero attached hydrogens (tertiary/aromatic N) is 4. The van der Waals surface area contributed by atoms with E-state index in [1.807, 2.05) is 40.8 Å². The van der Waals surface area contributed by atoms with Crippen LogP contribution < -0.4 is 10.9 Å². The van der Waals surface area contributed by atoms with Gasteiger partial charge in [0, 0.05) is 12.7 Å². The number of benzene rings is 2. The van der Waals surface area contributed by atoms with E-state index in [0.717, 1.165) is 23.4 Å². The molecule has 25 heavy (non-hydrogen) atoms. The van der Waals surface area contributed by atoms with Gasteiger partial charge in [0.15, 0.2) is 5.82 Å². The van der Waals surface area contributed by atoms with Crippen LogP contribution in [0.5, 0.6) is 0 Å². The molecule has 126 valence electrons. The monoisotopic (exact) mass is 333 g/mol. The highest BCUT2D eigenvalue weighted by molar-refractivity contribution is 5.80. The molecule has 0 unspecified atom stereocenters. The average molecular weight is 333 g/mol. The van der Waals surface area contributed by atoms with E-state index in [-0.39, 0.29) is 5.56 Å². The number of fused-ring (bicyclic) bond motifs is 3. The van der Waals surface area contributed by atoms with E-state index in [2.05, 4.69) is 34.6 Å². The normalized spacial score (nSPS) is 11.3. The van der Waals surface area contributed by atoms with E-state index in [4.69, 9.17) is 0 Å². The SMILES string of the molecule is CCc1ccccc1NCc1nnc2n(C)c(=O)c3ccccc3n12. The third kappa shape index (κ3) is 2.46. The summed E-state index contributed by atoms with van der Waals surface area (Å²) in [6.07, 6.45) is 0.960. The lowest BCUT2D eigenvalue weighted by molar-refractivity contribution is 0.855. The van der Waals surface area contributed by atoms with Crippen LogP contribution in [0.1, 0.15) is 18.3 Å². The minimum absolute atomic E-state index is 0.0636. The van der Waals surface area contributed by atoms with Crippen LogP contribution in [-0.4, -0.2) is 19.2 Å². The maximum absolute atomic E-state index is 12.5. The molecule has 0 fully saturated rings. The Morgan fingerprint density at radius 3 is 2.64 bits per heavy atom. The summed E-state index contributed by atoms with van der Waals surface area (Å²) in [7, 11) is 1.72. The van der Waals surface area contributed by atoms with Crippen LogP contribution in [0.4, 0.5) is 5.69 Å². The fourth-order valence-electron chi connectivity index (χ4n) is 3.18. The first-order valence-corrected chi connectivity index (χ1v) is 8.34. The molecule has 0 spiro atoms. The van der Waals surface area contributed by atoms with E-state index < -0.39 is 0 Å². The lowest BCUT2D eigenvalue weighted by Gasteiger charge is -2.11. The molecule has 0 radical (unpaired) electrons. The number of hydrogen-bond acceptors (Lipinski definition) is 4. The predicted octanol–water partition coefficient (Wildman–Crippen LogP) is 2.76. The van der Waals surface area contributed by atoms with E-state index in [9.17, 15) is 4.79 Å². The molecule has 2 heterocycles. The van der Waals surface area contributed by atoms with Gasteiger partial charge in [-0.15, -0.1) is 10.2 Å². The smallest absolute Gasteiger partial charge is 0.262 e. The van der Waals surface area contributed by atoms with Crippen LogP contribution in [0.25, 0.3) is 16.7 Å². The maximum atomic E-state index is 12.5. The van der Waals surface area contributed by atoms with Crippen LogP contribution in [0.3, 0.4) is 0 Å². The molecule has 0 aliphatic rings. The van der Waals surface area contributed by atoms with Gasteiger partial charge < -0.3 is 5.32 Å². The summed E-state index contributed by atoms with van der Waals surface area (Å²) in [4.78, 5) is 12.5. The molecule has 0 aliphatic heterocycles. The first-order valence-electron chi connectivity index (χ1n) is 8.34. The topological polar surface area (TPSA) is 64.2 Å². The molecule has 6 nitrogen and oxygen atoms in total. The molecule has 6 heteroatoms. The number of rotatable bonds is 4. The van der Waals surface area contributed by atoms with Gasteiger partial charge >= 0.3 is 0 Å². The number of nitrogens with one attached hydrogen (secondary N) is 1. The summed E-state index contributed by atoms with van der Waals surface area (Å²) in [5.41, 5.74) is 3.11. The summed E-state index contributed by atoms with van der Waals surface area (Å²) in [6.45, 7) is 2.66. The molecule has 0 saturated carbocycles. The van der Waals surface area contributed by atoms with Gasteiger partial charge in [0.05, 0.1) is 17.4 Å². The first-order chi connectivity index (χ1) is 12.2. The quantitative estimate of drug-likeness (QED) is 0.624. The number of aromatic nitrogens is 4. The summed E-state index contributed by atoms with van der Waals surface area (Å²) in [5, 5.41) is 12.6. The molecule has 0 bridgehead atoms. The van der Waals surface area contributed by atoms with E-state index in [0.29, 0.717) is 17.7 Å². The lowest BCUT2D eigenvalue weighted by Crippen LogP contribution is -2.20. The van der Waals surface area contributed by atoms with Crippen molar-refractivity contribution in [3.8, 4) is 0 Å². The van der Waals surface area contributed by atoms with Crippen molar-refractivity contribution in [2.45, 2.75) is 19.9 Å². The van der Waals surface area contributed by atoms with Gasteiger partial charge in [0.25, 0.3) is 5.56 Å². The van der Waals surface area contributed by atoms with Gasteiger partial charge in [-0.05, 0) is 30.2 Å². The lowest BCUT2D eigenvalue weighted by atomic mass is 10.1. The zero-order chi connectivity index (χ0) is 17.4. The third-order valence-corrected chi connectivity index (χ3v) is 4.53. The zero-order valence-electron chi connectivity index (χ0n) is 14.2. The van der Waals surface area contributed by atoms with Gasteiger partial charge in [-0.1, -0.05) is 37.3 Å². The van der Waals surface area contributed by atoms with Crippen molar-refractivity contribution in [2.75, 3.05) is 5.32 Å². The highest BCUT2D eigenvalue weighted by Gasteiger charge is 2.14. The number of para-hydroxylation sites is 2. The maximum Gasteiger partial charge on any atom is 0.262 e. The van der Waals surface area contributed by atoms with Crippen molar-refractivity contribution in [2.24, 2.45) is 7.05 Å². The predicted molar refractivity (Wildman–Crippen MR) is 98.9 cm³/mol. The molecule has 2 aromatic heterocycles. The number of anilines is 1. The van der Waals surface area contributed by atoms with Crippen molar-refractivity contribution in [3.05, 3.63) is 70.3 Å². The van der Waals surface area contributed by atoms with Crippen molar-refractivity contribution in [3.63, 3.8) is 0 Å². The Hall–Kier alpha value is -3.15. The number of aryl methyl sites for hydroxylation is 2. The highest BCUT2D eigenvalue weighted by Crippen LogP contribution is 2.18. The molecule has 0 aliphatic carbocycles. The average Bonchev–Trinajstić information content (AvgIpc) is 3.09. The minimum Gasteiger partial charge on any atom is -0.377 e. The van der Waals surface area contributed by atoms with Crippen molar-refractivity contribution < 1.29 is 0 Å². The van der Waals surface area contributed by atoms with Crippen LogP contribution in [0, 0.1) is 0 Å². The van der Waals surface area contributed by atoms with Gasteiger partial charge in [-0.3, -0.25) is 13.8 Å². The van der Waals surface area contributed by atoms with Crippen LogP contribution in [0.15, 0.2) is 53.3 Å². The molecular weight excluding hydrogens is 314 g/mol. The molecule has 4 rings (SSSR count). The van der Waals surface area contributed by atoms with Crippen molar-refractivity contribution >= 4 is 22.4 Å². The van der Waals surface area contributed by atoms with Crippen LogP contribution in [-0.2, 0) is 20.0 Å². The Labute approximate surface area is 144 Å². The van der Waals surface area contributed by atoms with Gasteiger partial charge in [-0.2, -0.15) is 0 Å². The van der Waals surface area contributed by atoms with Crippen molar-refractivity contribution in [1.82, 2.24) is 19.2 Å². The van der Waals surface area contributed by atoms with Gasteiger partial charge in [-0.25, -0.2) is 0 Å². The summed E-state index contributed by atoms with van der Waals surface area (Å²) >= 11 is 0. The molecular formula is C19H19N5O. The second kappa shape index (κ2) is 6.05. The standard InChI is InChI=1S/C19H19N5O/c1-3-13-8-4-6-10-15(13)20-12-17-21-22-19-23(2)18(25)14-9-5-7-11-16(14)24(17)19/h4-11,20H,3,12H2,1-2H3. The molecule has 0 saturated heterocycles. The Morgan fingerprint density at radius 1 is 1.04 bits per heavy atom. The van der Waals surface area contributed by atoms with E-state index >= 15 is 0 Å². The van der Waals surface area contributed by atoms with Gasteiger partial charge in [0.2, 0.25) is 5.78 Å². The van der Waals surface area contributed by atoms with Crippen LogP contribution in [0.2, 0.25) is 0 Å². The molecule has 1 N–H and O–H groups in total. The summed E-state index contributed by atoms with van der Waals surface area (Å²) in [6, 6.07) is 15.8. The second-order valence-electron chi connectivity index (χ2n) is 6.00. The Kier molecular flexibility index (Phi) is 3.72. The fraction of sp³-hybridized carbons (Fsp3) is 0.211. The number of hydrogen-bond donors (Lipinski definition) is 1. The Bertz CT molecular complexity index is 1130. The molecule has 0 atom stereocenters. The third-order valence-electron chi connectivity index (χ3n) is 4.53. The largest absolute Gasteiger partial charge is 0.377 e. The fourth-order valence-corrected chi connectivity index (χ4v) is 3.18. The van der Waals surface area contributed by atoms with Crippen molar-refractivity contribution in [1.29, 1.82) is 0 Å². The van der Waals surface area contributed by atoms with Gasteiger partial charge in [0.1, 0.15) is 0 Å². The van der Waals surface area contributed by atoms with E-state index in [1.165, 1.54) is 5.56 Å². The molecule has 2 aromatic carbocycles. The molecule has 4 aromatic rings. The second-order valence-corrected chi connectivity index (χ2v) is 6.00. The summed E-state index contributed by atoms with van der Waals surface area (Å²) < 4.78 is 3.48. The Morgan fingerprint density at radius 2 is 1.80 bits per heavy atom. The van der Waals surface area contributed by atoms with Crippen LogP contribution >= 0.6 is 0 Å². The Balaban J connectivity index is 1.82. The zero-order valence-corrected chi connectivity index (χ0v) is 14.2. The van der Waals surface area contributed by atoms with E-state index in [1.54, 1.807) is 11.6 Å². The minimum atomic E-state index is -0.0636. The highest BCUT2D eigenvalue weighted by atomic mass is 16.1. The first kappa shape index (κ1) is 15.4. The summed E-state index contributed by atoms with van der Waals surface area (Å²) in [5.74, 6) is 1.32.